The van der Waals surface area contributed by atoms with Crippen LogP contribution in [0.4, 0.5) is 22.4 Å². The van der Waals surface area contributed by atoms with Gasteiger partial charge in [0.15, 0.2) is 5.60 Å². The number of aromatic nitrogens is 1. The molecule has 1 heterocycles. The van der Waals surface area contributed by atoms with Crippen LogP contribution in [0, 0.1) is 5.82 Å². The molecule has 0 saturated carbocycles. The van der Waals surface area contributed by atoms with E-state index < -0.39 is 41.9 Å². The lowest BCUT2D eigenvalue weighted by molar-refractivity contribution is -0.266. The molecule has 1 unspecified atom stereocenters. The topological polar surface area (TPSA) is 63.5 Å². The Morgan fingerprint density at radius 1 is 1.12 bits per heavy atom. The van der Waals surface area contributed by atoms with Gasteiger partial charge >= 0.3 is 12.2 Å². The normalized spacial score (nSPS) is 14.2. The van der Waals surface area contributed by atoms with Gasteiger partial charge in [0.05, 0.1) is 12.6 Å². The van der Waals surface area contributed by atoms with Gasteiger partial charge < -0.3 is 15.2 Å². The number of hydrogen-bond acceptors (Lipinski definition) is 3. The average molecular weight is 466 g/mol. The van der Waals surface area contributed by atoms with Gasteiger partial charge in [-0.15, -0.1) is 0 Å². The van der Waals surface area contributed by atoms with Crippen molar-refractivity contribution in [3.63, 3.8) is 0 Å². The van der Waals surface area contributed by atoms with Crippen LogP contribution in [-0.2, 0) is 11.8 Å². The van der Waals surface area contributed by atoms with E-state index in [1.165, 1.54) is 40.1 Å². The molecular weight excluding hydrogens is 440 g/mol. The molecule has 0 spiro atoms. The van der Waals surface area contributed by atoms with Crippen LogP contribution in [0.2, 0.25) is 0 Å². The van der Waals surface area contributed by atoms with Gasteiger partial charge in [0.1, 0.15) is 11.6 Å². The van der Waals surface area contributed by atoms with Crippen LogP contribution in [-0.4, -0.2) is 41.6 Å². The second kappa shape index (κ2) is 8.70. The summed E-state index contributed by atoms with van der Waals surface area (Å²) in [7, 11) is 2.71. The van der Waals surface area contributed by atoms with Crippen molar-refractivity contribution in [2.45, 2.75) is 43.9 Å². The Labute approximate surface area is 189 Å². The van der Waals surface area contributed by atoms with E-state index in [1.807, 2.05) is 0 Å². The first-order valence-corrected chi connectivity index (χ1v) is 10.3. The van der Waals surface area contributed by atoms with Crippen LogP contribution in [0.25, 0.3) is 10.9 Å². The number of para-hydroxylation sites is 1. The second-order valence-corrected chi connectivity index (χ2v) is 8.70. The fourth-order valence-corrected chi connectivity index (χ4v) is 4.29. The molecule has 1 atom stereocenters. The first-order valence-electron chi connectivity index (χ1n) is 10.3. The summed E-state index contributed by atoms with van der Waals surface area (Å²) >= 11 is 0. The molecule has 9 heteroatoms. The number of benzene rings is 2. The van der Waals surface area contributed by atoms with Crippen LogP contribution in [0.5, 0.6) is 5.75 Å². The third-order valence-corrected chi connectivity index (χ3v) is 5.83. The highest BCUT2D eigenvalue weighted by Gasteiger charge is 2.56. The minimum absolute atomic E-state index is 0.00242. The number of nitrogens with one attached hydrogen (secondary N) is 1. The van der Waals surface area contributed by atoms with E-state index in [2.05, 4.69) is 5.32 Å². The summed E-state index contributed by atoms with van der Waals surface area (Å²) in [5, 5.41) is 14.0. The van der Waals surface area contributed by atoms with Crippen LogP contribution in [0.15, 0.2) is 48.5 Å². The molecule has 3 aromatic rings. The van der Waals surface area contributed by atoms with E-state index in [-0.39, 0.29) is 17.0 Å². The van der Waals surface area contributed by atoms with Crippen LogP contribution in [0.1, 0.15) is 31.5 Å². The third-order valence-electron chi connectivity index (χ3n) is 5.83. The molecule has 0 radical (unpaired) electrons. The molecule has 1 aromatic heterocycles. The molecule has 33 heavy (non-hydrogen) atoms. The third kappa shape index (κ3) is 4.68. The zero-order valence-electron chi connectivity index (χ0n) is 18.8. The zero-order valence-corrected chi connectivity index (χ0v) is 18.8. The Balaban J connectivity index is 2.11. The van der Waals surface area contributed by atoms with E-state index >= 15 is 0 Å². The molecule has 0 aliphatic rings. The quantitative estimate of drug-likeness (QED) is 0.492. The number of carbonyl (C=O) groups is 1. The van der Waals surface area contributed by atoms with Gasteiger partial charge in [-0.3, -0.25) is 4.57 Å². The minimum Gasteiger partial charge on any atom is -0.496 e. The maximum absolute atomic E-state index is 14.3. The van der Waals surface area contributed by atoms with E-state index in [1.54, 1.807) is 24.3 Å². The number of methoxy groups -OCH3 is 1. The first kappa shape index (κ1) is 24.6. The van der Waals surface area contributed by atoms with Gasteiger partial charge in [-0.05, 0) is 42.2 Å². The maximum atomic E-state index is 14.3. The van der Waals surface area contributed by atoms with Crippen LogP contribution in [0.3, 0.4) is 0 Å². The van der Waals surface area contributed by atoms with Crippen LogP contribution < -0.4 is 10.1 Å². The summed E-state index contributed by atoms with van der Waals surface area (Å²) in [6.45, 7) is 2.96. The van der Waals surface area contributed by atoms with Gasteiger partial charge in [-0.25, -0.2) is 9.18 Å². The number of rotatable bonds is 6. The lowest BCUT2D eigenvalue weighted by Gasteiger charge is -2.38. The summed E-state index contributed by atoms with van der Waals surface area (Å²) in [5.74, 6) is -0.417. The number of nitrogens with zero attached hydrogens (tertiary/aromatic N) is 1. The summed E-state index contributed by atoms with van der Waals surface area (Å²) in [4.78, 5) is 12.5. The van der Waals surface area contributed by atoms with Gasteiger partial charge in [0, 0.05) is 30.1 Å². The smallest absolute Gasteiger partial charge is 0.417 e. The van der Waals surface area contributed by atoms with Crippen molar-refractivity contribution in [2.24, 2.45) is 0 Å². The van der Waals surface area contributed by atoms with Gasteiger partial charge in [-0.2, -0.15) is 13.2 Å². The van der Waals surface area contributed by atoms with E-state index in [0.717, 1.165) is 16.7 Å². The van der Waals surface area contributed by atoms with Crippen molar-refractivity contribution in [3.8, 4) is 5.75 Å². The first-order chi connectivity index (χ1) is 15.3. The van der Waals surface area contributed by atoms with E-state index in [4.69, 9.17) is 4.74 Å². The summed E-state index contributed by atoms with van der Waals surface area (Å²) in [6, 6.07) is 11.1. The standard InChI is InChI=1S/C24H26F4N2O3/c1-22(2,18-12-16(25)9-10-20(18)33-4)14-23(32,24(26,27)28)13-17-11-15-7-5-6-8-19(15)30(17)21(31)29-3/h5-12,32H,13-14H2,1-4H3,(H,29,31). The number of ether oxygens (including phenoxy) is 1. The minimum atomic E-state index is -5.03. The van der Waals surface area contributed by atoms with E-state index in [0.29, 0.717) is 10.9 Å². The summed E-state index contributed by atoms with van der Waals surface area (Å²) < 4.78 is 63.2. The lowest BCUT2D eigenvalue weighted by atomic mass is 9.73. The predicted molar refractivity (Wildman–Crippen MR) is 117 cm³/mol. The average Bonchev–Trinajstić information content (AvgIpc) is 3.09. The Morgan fingerprint density at radius 2 is 1.79 bits per heavy atom. The fraction of sp³-hybridized carbons (Fsp3) is 0.375. The predicted octanol–water partition coefficient (Wildman–Crippen LogP) is 5.18. The molecule has 2 aromatic carbocycles. The van der Waals surface area contributed by atoms with Crippen molar-refractivity contribution in [3.05, 3.63) is 65.6 Å². The zero-order chi connectivity index (χ0) is 24.6. The molecule has 0 aliphatic heterocycles. The highest BCUT2D eigenvalue weighted by Crippen LogP contribution is 2.45. The van der Waals surface area contributed by atoms with Gasteiger partial charge in [-0.1, -0.05) is 32.0 Å². The molecule has 0 bridgehead atoms. The Bertz CT molecular complexity index is 1170. The molecular formula is C24H26F4N2O3. The Hall–Kier alpha value is -3.07. The summed E-state index contributed by atoms with van der Waals surface area (Å²) in [5.41, 5.74) is -3.94. The molecule has 0 fully saturated rings. The van der Waals surface area contributed by atoms with Crippen molar-refractivity contribution in [1.29, 1.82) is 0 Å². The molecule has 1 amide bonds. The SMILES string of the molecule is CNC(=O)n1c(CC(O)(CC(C)(C)c2cc(F)ccc2OC)C(F)(F)F)cc2ccccc21. The molecule has 0 aliphatic carbocycles. The summed E-state index contributed by atoms with van der Waals surface area (Å²) in [6.07, 6.45) is -6.70. The second-order valence-electron chi connectivity index (χ2n) is 8.70. The van der Waals surface area contributed by atoms with Crippen molar-refractivity contribution in [1.82, 2.24) is 9.88 Å². The van der Waals surface area contributed by atoms with Crippen molar-refractivity contribution in [2.75, 3.05) is 14.2 Å². The fourth-order valence-electron chi connectivity index (χ4n) is 4.29. The molecule has 3 rings (SSSR count). The molecule has 178 valence electrons. The highest BCUT2D eigenvalue weighted by molar-refractivity contribution is 5.92. The molecule has 0 saturated heterocycles. The highest BCUT2D eigenvalue weighted by atomic mass is 19.4. The number of amides is 1. The van der Waals surface area contributed by atoms with Crippen LogP contribution >= 0.6 is 0 Å². The number of hydrogen-bond donors (Lipinski definition) is 2. The van der Waals surface area contributed by atoms with E-state index in [9.17, 15) is 27.5 Å². The Kier molecular flexibility index (Phi) is 6.48. The van der Waals surface area contributed by atoms with Crippen molar-refractivity contribution >= 4 is 16.9 Å². The number of aliphatic hydroxyl groups is 1. The number of alkyl halides is 3. The van der Waals surface area contributed by atoms with Crippen molar-refractivity contribution < 1.29 is 32.2 Å². The lowest BCUT2D eigenvalue weighted by Crippen LogP contribution is -2.51. The maximum Gasteiger partial charge on any atom is 0.417 e. The Morgan fingerprint density at radius 3 is 2.39 bits per heavy atom. The van der Waals surface area contributed by atoms with Gasteiger partial charge in [0.25, 0.3) is 0 Å². The monoisotopic (exact) mass is 466 g/mol. The van der Waals surface area contributed by atoms with Gasteiger partial charge in [0.2, 0.25) is 0 Å². The molecule has 5 nitrogen and oxygen atoms in total. The molecule has 2 N–H and O–H groups in total. The largest absolute Gasteiger partial charge is 0.496 e. The number of halogens is 4. The number of carbonyl (C=O) groups excluding carboxylic acids is 1. The number of fused-ring (bicyclic) bond motifs is 1.